The summed E-state index contributed by atoms with van der Waals surface area (Å²) in [7, 11) is -0.792. The molecule has 0 saturated carbocycles. The molecule has 3 rings (SSSR count). The monoisotopic (exact) mass is 436 g/mol. The number of hydrogen-bond acceptors (Lipinski definition) is 4. The van der Waals surface area contributed by atoms with Gasteiger partial charge in [0.25, 0.3) is 10.0 Å². The Labute approximate surface area is 174 Å². The Morgan fingerprint density at radius 3 is 2.69 bits per heavy atom. The maximum atomic E-state index is 14.2. The lowest BCUT2D eigenvalue weighted by Crippen LogP contribution is -2.23. The number of benzene rings is 1. The van der Waals surface area contributed by atoms with Crippen molar-refractivity contribution in [3.8, 4) is 11.3 Å². The fourth-order valence-electron chi connectivity index (χ4n) is 3.21. The van der Waals surface area contributed by atoms with Crippen LogP contribution in [0.5, 0.6) is 0 Å². The summed E-state index contributed by atoms with van der Waals surface area (Å²) in [5, 5.41) is 1.23. The molecule has 2 heterocycles. The quantitative estimate of drug-likeness (QED) is 0.638. The number of halogens is 2. The van der Waals surface area contributed by atoms with Crippen molar-refractivity contribution in [1.29, 1.82) is 0 Å². The van der Waals surface area contributed by atoms with Gasteiger partial charge in [-0.1, -0.05) is 17.7 Å². The van der Waals surface area contributed by atoms with Crippen LogP contribution in [0.1, 0.15) is 5.69 Å². The van der Waals surface area contributed by atoms with E-state index in [1.54, 1.807) is 28.8 Å². The summed E-state index contributed by atoms with van der Waals surface area (Å²) in [6.45, 7) is 1.96. The Balaban J connectivity index is 2.27. The zero-order valence-electron chi connectivity index (χ0n) is 16.4. The number of aromatic nitrogens is 2. The van der Waals surface area contributed by atoms with Crippen LogP contribution in [0.15, 0.2) is 53.3 Å². The second kappa shape index (κ2) is 8.23. The number of rotatable bonds is 6. The molecule has 3 aromatic rings. The zero-order valence-corrected chi connectivity index (χ0v) is 17.9. The lowest BCUT2D eigenvalue weighted by Gasteiger charge is -2.12. The standard InChI is InChI=1S/C20H22ClFN4O2S/c1-13-20(17-5-4-6-19(24-17)29(27,28)25(2)3)16-11-14(21)7-8-18(16)26(13)12-15(22)9-10-23/h4-9,11H,10,12,23H2,1-3H3/b15-9-. The molecule has 1 aromatic carbocycles. The average Bonchev–Trinajstić information content (AvgIpc) is 2.92. The molecule has 0 saturated heterocycles. The van der Waals surface area contributed by atoms with Crippen molar-refractivity contribution in [2.24, 2.45) is 5.73 Å². The number of hydrogen-bond donors (Lipinski definition) is 1. The van der Waals surface area contributed by atoms with Gasteiger partial charge in [-0.25, -0.2) is 22.1 Å². The average molecular weight is 437 g/mol. The Bertz CT molecular complexity index is 1200. The van der Waals surface area contributed by atoms with E-state index < -0.39 is 10.0 Å². The molecule has 0 bridgehead atoms. The fourth-order valence-corrected chi connectivity index (χ4v) is 4.22. The molecular formula is C20H22ClFN4O2S. The lowest BCUT2D eigenvalue weighted by atomic mass is 10.1. The van der Waals surface area contributed by atoms with E-state index in [4.69, 9.17) is 17.3 Å². The number of nitrogens with zero attached hydrogens (tertiary/aromatic N) is 3. The first-order valence-electron chi connectivity index (χ1n) is 8.89. The van der Waals surface area contributed by atoms with Crippen LogP contribution in [0.25, 0.3) is 22.2 Å². The van der Waals surface area contributed by atoms with Gasteiger partial charge in [0.2, 0.25) is 0 Å². The van der Waals surface area contributed by atoms with Crippen molar-refractivity contribution in [3.05, 3.63) is 59.0 Å². The van der Waals surface area contributed by atoms with Crippen LogP contribution in [-0.4, -0.2) is 42.9 Å². The van der Waals surface area contributed by atoms with Crippen LogP contribution in [0.3, 0.4) is 0 Å². The summed E-state index contributed by atoms with van der Waals surface area (Å²) in [4.78, 5) is 4.39. The smallest absolute Gasteiger partial charge is 0.260 e. The molecule has 0 aliphatic heterocycles. The zero-order chi connectivity index (χ0) is 21.3. The van der Waals surface area contributed by atoms with Crippen molar-refractivity contribution < 1.29 is 12.8 Å². The predicted octanol–water partition coefficient (Wildman–Crippen LogP) is 3.73. The van der Waals surface area contributed by atoms with Gasteiger partial charge in [0.1, 0.15) is 5.83 Å². The highest BCUT2D eigenvalue weighted by atomic mass is 35.5. The molecule has 0 radical (unpaired) electrons. The molecule has 154 valence electrons. The van der Waals surface area contributed by atoms with E-state index in [1.807, 2.05) is 13.0 Å². The van der Waals surface area contributed by atoms with Gasteiger partial charge in [0.15, 0.2) is 5.03 Å². The minimum Gasteiger partial charge on any atom is -0.337 e. The van der Waals surface area contributed by atoms with Crippen molar-refractivity contribution in [2.75, 3.05) is 20.6 Å². The second-order valence-corrected chi connectivity index (χ2v) is 9.28. The maximum absolute atomic E-state index is 14.2. The molecule has 0 aliphatic rings. The molecule has 0 atom stereocenters. The number of sulfonamides is 1. The first-order chi connectivity index (χ1) is 13.7. The van der Waals surface area contributed by atoms with Gasteiger partial charge in [0.05, 0.1) is 12.2 Å². The normalized spacial score (nSPS) is 12.9. The predicted molar refractivity (Wildman–Crippen MR) is 114 cm³/mol. The highest BCUT2D eigenvalue weighted by Gasteiger charge is 2.22. The largest absolute Gasteiger partial charge is 0.337 e. The topological polar surface area (TPSA) is 81.2 Å². The molecule has 0 aliphatic carbocycles. The fraction of sp³-hybridized carbons (Fsp3) is 0.250. The Kier molecular flexibility index (Phi) is 6.09. The van der Waals surface area contributed by atoms with Gasteiger partial charge >= 0.3 is 0 Å². The number of allylic oxidation sites excluding steroid dienone is 1. The van der Waals surface area contributed by atoms with Gasteiger partial charge in [0, 0.05) is 47.8 Å². The molecule has 9 heteroatoms. The van der Waals surface area contributed by atoms with Crippen molar-refractivity contribution in [1.82, 2.24) is 13.9 Å². The van der Waals surface area contributed by atoms with Crippen LogP contribution >= 0.6 is 11.6 Å². The molecule has 0 spiro atoms. The van der Waals surface area contributed by atoms with E-state index in [-0.39, 0.29) is 23.9 Å². The molecule has 2 aromatic heterocycles. The minimum absolute atomic E-state index is 0.0108. The van der Waals surface area contributed by atoms with Gasteiger partial charge in [-0.3, -0.25) is 0 Å². The summed E-state index contributed by atoms with van der Waals surface area (Å²) in [6.07, 6.45) is 1.32. The Morgan fingerprint density at radius 2 is 2.03 bits per heavy atom. The van der Waals surface area contributed by atoms with Crippen LogP contribution in [0.2, 0.25) is 5.02 Å². The third-order valence-electron chi connectivity index (χ3n) is 4.66. The molecule has 6 nitrogen and oxygen atoms in total. The van der Waals surface area contributed by atoms with E-state index in [0.29, 0.717) is 16.3 Å². The van der Waals surface area contributed by atoms with Crippen LogP contribution in [-0.2, 0) is 16.6 Å². The summed E-state index contributed by atoms with van der Waals surface area (Å²) in [6, 6.07) is 10.1. The highest BCUT2D eigenvalue weighted by Crippen LogP contribution is 2.36. The first kappa shape index (κ1) is 21.4. The molecule has 2 N–H and O–H groups in total. The van der Waals surface area contributed by atoms with Crippen LogP contribution in [0.4, 0.5) is 4.39 Å². The van der Waals surface area contributed by atoms with E-state index in [2.05, 4.69) is 4.98 Å². The third kappa shape index (κ3) is 4.06. The van der Waals surface area contributed by atoms with E-state index in [0.717, 1.165) is 20.9 Å². The number of pyridine rings is 1. The lowest BCUT2D eigenvalue weighted by molar-refractivity contribution is 0.517. The molecule has 0 fully saturated rings. The van der Waals surface area contributed by atoms with Gasteiger partial charge in [-0.15, -0.1) is 0 Å². The first-order valence-corrected chi connectivity index (χ1v) is 10.7. The second-order valence-electron chi connectivity index (χ2n) is 6.74. The van der Waals surface area contributed by atoms with Crippen LogP contribution < -0.4 is 5.73 Å². The van der Waals surface area contributed by atoms with E-state index in [9.17, 15) is 12.8 Å². The van der Waals surface area contributed by atoms with Crippen molar-refractivity contribution >= 4 is 32.5 Å². The van der Waals surface area contributed by atoms with Gasteiger partial charge in [-0.05, 0) is 43.3 Å². The van der Waals surface area contributed by atoms with E-state index >= 15 is 0 Å². The molecular weight excluding hydrogens is 415 g/mol. The van der Waals surface area contributed by atoms with Crippen molar-refractivity contribution in [2.45, 2.75) is 18.5 Å². The third-order valence-corrected chi connectivity index (χ3v) is 6.61. The summed E-state index contributed by atoms with van der Waals surface area (Å²) in [5.74, 6) is -0.356. The maximum Gasteiger partial charge on any atom is 0.260 e. The molecule has 0 amide bonds. The summed E-state index contributed by atoms with van der Waals surface area (Å²) >= 11 is 6.21. The minimum atomic E-state index is -3.69. The number of nitrogens with two attached hydrogens (primary N) is 1. The summed E-state index contributed by atoms with van der Waals surface area (Å²) < 4.78 is 42.2. The highest BCUT2D eigenvalue weighted by molar-refractivity contribution is 7.89. The SMILES string of the molecule is Cc1c(-c2cccc(S(=O)(=O)N(C)C)n2)c2cc(Cl)ccc2n1C/C(F)=C/CN. The Hall–Kier alpha value is -2.26. The number of fused-ring (bicyclic) bond motifs is 1. The van der Waals surface area contributed by atoms with Gasteiger partial charge < -0.3 is 10.3 Å². The van der Waals surface area contributed by atoms with Gasteiger partial charge in [-0.2, -0.15) is 0 Å². The summed E-state index contributed by atoms with van der Waals surface area (Å²) in [5.41, 5.74) is 8.11. The molecule has 29 heavy (non-hydrogen) atoms. The molecule has 0 unspecified atom stereocenters. The Morgan fingerprint density at radius 1 is 1.31 bits per heavy atom. The van der Waals surface area contributed by atoms with Crippen LogP contribution in [0, 0.1) is 6.92 Å². The van der Waals surface area contributed by atoms with Crippen molar-refractivity contribution in [3.63, 3.8) is 0 Å². The van der Waals surface area contributed by atoms with E-state index in [1.165, 1.54) is 26.2 Å².